The summed E-state index contributed by atoms with van der Waals surface area (Å²) in [5.41, 5.74) is -1.88. The summed E-state index contributed by atoms with van der Waals surface area (Å²) < 4.78 is 5.25. The van der Waals surface area contributed by atoms with Crippen LogP contribution in [0.15, 0.2) is 0 Å². The summed E-state index contributed by atoms with van der Waals surface area (Å²) in [6.07, 6.45) is 0.813. The molecule has 1 amide bonds. The number of hydrogen-bond donors (Lipinski definition) is 1. The van der Waals surface area contributed by atoms with Gasteiger partial charge in [-0.25, -0.2) is 4.79 Å². The fourth-order valence-corrected chi connectivity index (χ4v) is 1.99. The molecule has 1 N–H and O–H groups in total. The van der Waals surface area contributed by atoms with Crippen LogP contribution in [0.4, 0.5) is 0 Å². The highest BCUT2D eigenvalue weighted by Gasteiger charge is 2.44. The van der Waals surface area contributed by atoms with Crippen molar-refractivity contribution in [1.82, 2.24) is 4.90 Å². The standard InChI is InChI=1S/C12H23NO4/c1-9(2)13(8-14)12(5,10(15)16)7-11(3,4)17-6/h8-9H,7H2,1-6H3,(H,15,16). The van der Waals surface area contributed by atoms with Crippen molar-refractivity contribution in [3.63, 3.8) is 0 Å². The minimum absolute atomic E-state index is 0.179. The van der Waals surface area contributed by atoms with Crippen LogP contribution in [0.25, 0.3) is 0 Å². The van der Waals surface area contributed by atoms with Gasteiger partial charge in [0.05, 0.1) is 5.60 Å². The molecule has 0 aliphatic heterocycles. The molecule has 0 heterocycles. The number of nitrogens with zero attached hydrogens (tertiary/aromatic N) is 1. The van der Waals surface area contributed by atoms with E-state index in [-0.39, 0.29) is 12.5 Å². The number of ether oxygens (including phenoxy) is 1. The molecule has 0 radical (unpaired) electrons. The van der Waals surface area contributed by atoms with Crippen LogP contribution >= 0.6 is 0 Å². The van der Waals surface area contributed by atoms with E-state index in [1.54, 1.807) is 34.6 Å². The number of carboxylic acids is 1. The maximum atomic E-state index is 11.5. The SMILES string of the molecule is COC(C)(C)CC(C)(C(=O)O)N(C=O)C(C)C. The second-order valence-corrected chi connectivity index (χ2v) is 5.33. The third kappa shape index (κ3) is 3.70. The van der Waals surface area contributed by atoms with Gasteiger partial charge >= 0.3 is 5.97 Å². The van der Waals surface area contributed by atoms with Crippen molar-refractivity contribution < 1.29 is 19.4 Å². The van der Waals surface area contributed by atoms with Gasteiger partial charge in [0.25, 0.3) is 0 Å². The maximum Gasteiger partial charge on any atom is 0.329 e. The number of carbonyl (C=O) groups is 2. The number of methoxy groups -OCH3 is 1. The summed E-state index contributed by atoms with van der Waals surface area (Å²) in [5, 5.41) is 9.39. The Morgan fingerprint density at radius 3 is 2.12 bits per heavy atom. The monoisotopic (exact) mass is 245 g/mol. The maximum absolute atomic E-state index is 11.5. The number of aliphatic carboxylic acids is 1. The van der Waals surface area contributed by atoms with Gasteiger partial charge in [0, 0.05) is 19.6 Å². The number of hydrogen-bond acceptors (Lipinski definition) is 3. The van der Waals surface area contributed by atoms with Gasteiger partial charge in [-0.05, 0) is 34.6 Å². The first-order chi connectivity index (χ1) is 7.60. The summed E-state index contributed by atoms with van der Waals surface area (Å²) in [7, 11) is 1.53. The van der Waals surface area contributed by atoms with Crippen molar-refractivity contribution in [1.29, 1.82) is 0 Å². The molecule has 1 atom stereocenters. The highest BCUT2D eigenvalue weighted by Crippen LogP contribution is 2.29. The lowest BCUT2D eigenvalue weighted by Gasteiger charge is -2.42. The van der Waals surface area contributed by atoms with Crippen LogP contribution in [0.1, 0.15) is 41.0 Å². The molecule has 0 fully saturated rings. The van der Waals surface area contributed by atoms with Crippen molar-refractivity contribution in [2.75, 3.05) is 7.11 Å². The van der Waals surface area contributed by atoms with Crippen LogP contribution in [0, 0.1) is 0 Å². The van der Waals surface area contributed by atoms with Gasteiger partial charge in [0.1, 0.15) is 5.54 Å². The Hall–Kier alpha value is -1.10. The molecule has 0 saturated heterocycles. The molecular formula is C12H23NO4. The Balaban J connectivity index is 5.30. The van der Waals surface area contributed by atoms with Gasteiger partial charge in [-0.3, -0.25) is 4.79 Å². The van der Waals surface area contributed by atoms with Gasteiger partial charge in [-0.15, -0.1) is 0 Å². The molecule has 0 bridgehead atoms. The van der Waals surface area contributed by atoms with Crippen molar-refractivity contribution >= 4 is 12.4 Å². The molecule has 5 heteroatoms. The van der Waals surface area contributed by atoms with Gasteiger partial charge in [-0.1, -0.05) is 0 Å². The van der Waals surface area contributed by atoms with E-state index < -0.39 is 17.1 Å². The number of carbonyl (C=O) groups excluding carboxylic acids is 1. The predicted octanol–water partition coefficient (Wildman–Crippen LogP) is 1.51. The van der Waals surface area contributed by atoms with Crippen LogP contribution < -0.4 is 0 Å². The summed E-state index contributed by atoms with van der Waals surface area (Å²) in [6.45, 7) is 8.73. The molecule has 0 saturated carbocycles. The first-order valence-electron chi connectivity index (χ1n) is 5.63. The largest absolute Gasteiger partial charge is 0.480 e. The molecule has 5 nitrogen and oxygen atoms in total. The predicted molar refractivity (Wildman–Crippen MR) is 64.8 cm³/mol. The van der Waals surface area contributed by atoms with Crippen LogP contribution in [0.2, 0.25) is 0 Å². The van der Waals surface area contributed by atoms with E-state index >= 15 is 0 Å². The molecule has 0 aromatic rings. The van der Waals surface area contributed by atoms with E-state index in [9.17, 15) is 14.7 Å². The first kappa shape index (κ1) is 15.9. The highest BCUT2D eigenvalue weighted by molar-refractivity contribution is 5.81. The first-order valence-corrected chi connectivity index (χ1v) is 5.63. The van der Waals surface area contributed by atoms with Crippen molar-refractivity contribution in [2.45, 2.75) is 58.2 Å². The third-order valence-electron chi connectivity index (χ3n) is 3.02. The van der Waals surface area contributed by atoms with E-state index in [1.807, 2.05) is 0 Å². The fourth-order valence-electron chi connectivity index (χ4n) is 1.99. The average molecular weight is 245 g/mol. The molecular weight excluding hydrogens is 222 g/mol. The second-order valence-electron chi connectivity index (χ2n) is 5.33. The van der Waals surface area contributed by atoms with Crippen LogP contribution in [-0.2, 0) is 14.3 Å². The zero-order chi connectivity index (χ0) is 13.9. The molecule has 17 heavy (non-hydrogen) atoms. The van der Waals surface area contributed by atoms with Crippen LogP contribution in [0.3, 0.4) is 0 Å². The normalized spacial score (nSPS) is 15.5. The van der Waals surface area contributed by atoms with Crippen molar-refractivity contribution in [2.24, 2.45) is 0 Å². The van der Waals surface area contributed by atoms with Crippen molar-refractivity contribution in [3.8, 4) is 0 Å². The van der Waals surface area contributed by atoms with E-state index in [0.29, 0.717) is 6.41 Å². The molecule has 1 unspecified atom stereocenters. The summed E-state index contributed by atoms with van der Waals surface area (Å²) in [5.74, 6) is -1.02. The number of rotatable bonds is 7. The Kier molecular flexibility index (Phi) is 5.13. The quantitative estimate of drug-likeness (QED) is 0.690. The van der Waals surface area contributed by atoms with Crippen molar-refractivity contribution in [3.05, 3.63) is 0 Å². The molecule has 0 aliphatic rings. The number of carboxylic acid groups (broad SMARTS) is 1. The van der Waals surface area contributed by atoms with Gasteiger partial charge in [0.15, 0.2) is 0 Å². The lowest BCUT2D eigenvalue weighted by atomic mass is 9.85. The molecule has 0 spiro atoms. The topological polar surface area (TPSA) is 66.8 Å². The van der Waals surface area contributed by atoms with E-state index in [4.69, 9.17) is 4.74 Å². The highest BCUT2D eigenvalue weighted by atomic mass is 16.5. The Labute approximate surface area is 103 Å². The lowest BCUT2D eigenvalue weighted by Crippen LogP contribution is -2.57. The molecule has 0 rings (SSSR count). The summed E-state index contributed by atoms with van der Waals surface area (Å²) >= 11 is 0. The Morgan fingerprint density at radius 1 is 1.41 bits per heavy atom. The van der Waals surface area contributed by atoms with E-state index in [2.05, 4.69) is 0 Å². The molecule has 0 aromatic carbocycles. The Bertz CT molecular complexity index is 288. The summed E-state index contributed by atoms with van der Waals surface area (Å²) in [4.78, 5) is 23.9. The van der Waals surface area contributed by atoms with Gasteiger partial charge in [0.2, 0.25) is 6.41 Å². The third-order valence-corrected chi connectivity index (χ3v) is 3.02. The van der Waals surface area contributed by atoms with E-state index in [1.165, 1.54) is 12.0 Å². The molecule has 0 aromatic heterocycles. The number of amides is 1. The van der Waals surface area contributed by atoms with E-state index in [0.717, 1.165) is 0 Å². The Morgan fingerprint density at radius 2 is 1.88 bits per heavy atom. The zero-order valence-corrected chi connectivity index (χ0v) is 11.5. The molecule has 0 aliphatic carbocycles. The van der Waals surface area contributed by atoms with Crippen LogP contribution in [-0.4, -0.2) is 46.7 Å². The minimum Gasteiger partial charge on any atom is -0.480 e. The smallest absolute Gasteiger partial charge is 0.329 e. The van der Waals surface area contributed by atoms with Gasteiger partial charge < -0.3 is 14.7 Å². The van der Waals surface area contributed by atoms with Crippen LogP contribution in [0.5, 0.6) is 0 Å². The summed E-state index contributed by atoms with van der Waals surface area (Å²) in [6, 6.07) is -0.179. The molecule has 100 valence electrons. The fraction of sp³-hybridized carbons (Fsp3) is 0.833. The lowest BCUT2D eigenvalue weighted by molar-refractivity contribution is -0.160. The average Bonchev–Trinajstić information content (AvgIpc) is 2.17. The van der Waals surface area contributed by atoms with Gasteiger partial charge in [-0.2, -0.15) is 0 Å². The second kappa shape index (κ2) is 5.49. The minimum atomic E-state index is -1.27. The zero-order valence-electron chi connectivity index (χ0n) is 11.5.